The van der Waals surface area contributed by atoms with Crippen LogP contribution < -0.4 is 4.74 Å². The van der Waals surface area contributed by atoms with Crippen LogP contribution in [0.3, 0.4) is 0 Å². The maximum absolute atomic E-state index is 14.9. The Morgan fingerprint density at radius 3 is 1.85 bits per heavy atom. The molecule has 0 atom stereocenters. The summed E-state index contributed by atoms with van der Waals surface area (Å²) in [5, 5.41) is 0. The summed E-state index contributed by atoms with van der Waals surface area (Å²) < 4.78 is 61.8. The van der Waals surface area contributed by atoms with E-state index < -0.39 is 23.7 Å². The highest BCUT2D eigenvalue weighted by Gasteiger charge is 2.45. The van der Waals surface area contributed by atoms with Crippen molar-refractivity contribution < 1.29 is 22.3 Å². The Morgan fingerprint density at radius 1 is 0.758 bits per heavy atom. The van der Waals surface area contributed by atoms with E-state index in [2.05, 4.69) is 6.92 Å². The summed E-state index contributed by atoms with van der Waals surface area (Å²) in [5.74, 6) is 0.0770. The van der Waals surface area contributed by atoms with Gasteiger partial charge in [0, 0.05) is 6.07 Å². The molecule has 0 N–H and O–H groups in total. The van der Waals surface area contributed by atoms with Crippen molar-refractivity contribution in [1.29, 1.82) is 0 Å². The van der Waals surface area contributed by atoms with Crippen molar-refractivity contribution in [3.63, 3.8) is 0 Å². The van der Waals surface area contributed by atoms with Crippen LogP contribution in [-0.2, 0) is 0 Å². The lowest BCUT2D eigenvalue weighted by Gasteiger charge is -2.39. The van der Waals surface area contributed by atoms with Crippen molar-refractivity contribution in [3.05, 3.63) is 54.1 Å². The number of hydrogen-bond donors (Lipinski definition) is 0. The molecule has 0 unspecified atom stereocenters. The van der Waals surface area contributed by atoms with Gasteiger partial charge in [-0.15, -0.1) is 0 Å². The summed E-state index contributed by atoms with van der Waals surface area (Å²) in [5.41, 5.74) is 0.895. The van der Waals surface area contributed by atoms with Crippen LogP contribution in [-0.4, -0.2) is 6.11 Å². The van der Waals surface area contributed by atoms with Gasteiger partial charge in [0.15, 0.2) is 0 Å². The van der Waals surface area contributed by atoms with Gasteiger partial charge in [0.1, 0.15) is 17.4 Å². The standard InChI is InChI=1S/C28H34F4O/c1-2-3-19-4-6-20(7-5-19)21-8-12-24(13-9-21)28(31,32)33-27-14-10-22(11-15-27)23-16-25(29)18-26(30)17-23/h10-11,14-21,24H,2-9,12-13H2,1H3. The van der Waals surface area contributed by atoms with E-state index in [1.165, 1.54) is 62.8 Å². The fourth-order valence-electron chi connectivity index (χ4n) is 5.96. The quantitative estimate of drug-likeness (QED) is 0.373. The van der Waals surface area contributed by atoms with Crippen molar-refractivity contribution in [2.75, 3.05) is 0 Å². The molecule has 0 radical (unpaired) electrons. The van der Waals surface area contributed by atoms with Crippen molar-refractivity contribution in [3.8, 4) is 16.9 Å². The molecule has 1 nitrogen and oxygen atoms in total. The highest BCUT2D eigenvalue weighted by atomic mass is 19.3. The minimum Gasteiger partial charge on any atom is -0.432 e. The number of halogens is 4. The van der Waals surface area contributed by atoms with Gasteiger partial charge in [-0.05, 0) is 91.7 Å². The first-order valence-corrected chi connectivity index (χ1v) is 12.5. The van der Waals surface area contributed by atoms with Crippen LogP contribution in [0.5, 0.6) is 5.75 Å². The highest BCUT2D eigenvalue weighted by molar-refractivity contribution is 5.64. The second-order valence-corrected chi connectivity index (χ2v) is 10.0. The Morgan fingerprint density at radius 2 is 1.30 bits per heavy atom. The van der Waals surface area contributed by atoms with E-state index in [9.17, 15) is 17.6 Å². The number of rotatable bonds is 7. The molecule has 0 saturated heterocycles. The molecule has 0 aromatic heterocycles. The largest absolute Gasteiger partial charge is 0.432 e. The molecule has 0 aliphatic heterocycles. The van der Waals surface area contributed by atoms with Gasteiger partial charge in [-0.1, -0.05) is 44.7 Å². The molecular weight excluding hydrogens is 428 g/mol. The van der Waals surface area contributed by atoms with E-state index in [1.54, 1.807) is 12.1 Å². The Hall–Kier alpha value is -2.04. The fourth-order valence-corrected chi connectivity index (χ4v) is 5.96. The zero-order valence-corrected chi connectivity index (χ0v) is 19.3. The molecule has 4 rings (SSSR count). The first-order chi connectivity index (χ1) is 15.8. The van der Waals surface area contributed by atoms with E-state index in [0.29, 0.717) is 35.8 Å². The van der Waals surface area contributed by atoms with E-state index in [-0.39, 0.29) is 5.75 Å². The Kier molecular flexibility index (Phi) is 7.65. The summed E-state index contributed by atoms with van der Waals surface area (Å²) in [7, 11) is 0. The van der Waals surface area contributed by atoms with Crippen LogP contribution in [0.4, 0.5) is 17.6 Å². The van der Waals surface area contributed by atoms with Gasteiger partial charge in [-0.2, -0.15) is 8.78 Å². The first kappa shape index (κ1) is 24.1. The number of hydrogen-bond acceptors (Lipinski definition) is 1. The first-order valence-electron chi connectivity index (χ1n) is 12.5. The van der Waals surface area contributed by atoms with Gasteiger partial charge in [-0.25, -0.2) is 8.78 Å². The minimum absolute atomic E-state index is 0.0667. The summed E-state index contributed by atoms with van der Waals surface area (Å²) in [6.07, 6.45) is 7.17. The summed E-state index contributed by atoms with van der Waals surface area (Å²) in [4.78, 5) is 0. The third kappa shape index (κ3) is 6.10. The topological polar surface area (TPSA) is 9.23 Å². The average molecular weight is 463 g/mol. The molecule has 33 heavy (non-hydrogen) atoms. The van der Waals surface area contributed by atoms with Crippen molar-refractivity contribution in [1.82, 2.24) is 0 Å². The van der Waals surface area contributed by atoms with Gasteiger partial charge in [-0.3, -0.25) is 0 Å². The molecular formula is C28H34F4O. The van der Waals surface area contributed by atoms with Gasteiger partial charge < -0.3 is 4.74 Å². The van der Waals surface area contributed by atoms with Gasteiger partial charge >= 0.3 is 6.11 Å². The molecule has 2 aromatic carbocycles. The summed E-state index contributed by atoms with van der Waals surface area (Å²) >= 11 is 0. The van der Waals surface area contributed by atoms with Gasteiger partial charge in [0.25, 0.3) is 0 Å². The van der Waals surface area contributed by atoms with Crippen LogP contribution in [0.2, 0.25) is 0 Å². The molecule has 2 aliphatic rings. The van der Waals surface area contributed by atoms with E-state index >= 15 is 0 Å². The molecule has 180 valence electrons. The summed E-state index contributed by atoms with van der Waals surface area (Å²) in [6, 6.07) is 9.19. The Labute approximate surface area is 194 Å². The van der Waals surface area contributed by atoms with E-state index in [0.717, 1.165) is 24.8 Å². The van der Waals surface area contributed by atoms with Crippen LogP contribution in [0, 0.1) is 35.3 Å². The predicted octanol–water partition coefficient (Wildman–Crippen LogP) is 9.02. The van der Waals surface area contributed by atoms with Crippen molar-refractivity contribution in [2.24, 2.45) is 23.7 Å². The molecule has 0 bridgehead atoms. The SMILES string of the molecule is CCCC1CCC(C2CCC(C(F)(F)Oc3ccc(-c4cc(F)cc(F)c4)cc3)CC2)CC1. The molecule has 0 heterocycles. The van der Waals surface area contributed by atoms with Crippen LogP contribution in [0.1, 0.15) is 71.1 Å². The molecule has 2 fully saturated rings. The monoisotopic (exact) mass is 462 g/mol. The lowest BCUT2D eigenvalue weighted by Crippen LogP contribution is -2.38. The molecule has 5 heteroatoms. The van der Waals surface area contributed by atoms with Crippen LogP contribution >= 0.6 is 0 Å². The van der Waals surface area contributed by atoms with Crippen LogP contribution in [0.25, 0.3) is 11.1 Å². The molecule has 2 aliphatic carbocycles. The summed E-state index contributed by atoms with van der Waals surface area (Å²) in [6.45, 7) is 2.25. The smallest absolute Gasteiger partial charge is 0.400 e. The predicted molar refractivity (Wildman–Crippen MR) is 123 cm³/mol. The highest BCUT2D eigenvalue weighted by Crippen LogP contribution is 2.46. The minimum atomic E-state index is -3.23. The van der Waals surface area contributed by atoms with Crippen molar-refractivity contribution >= 4 is 0 Å². The number of alkyl halides is 2. The van der Waals surface area contributed by atoms with Crippen molar-refractivity contribution in [2.45, 2.75) is 77.2 Å². The van der Waals surface area contributed by atoms with Gasteiger partial charge in [0.05, 0.1) is 5.92 Å². The Balaban J connectivity index is 1.30. The lowest BCUT2D eigenvalue weighted by atomic mass is 9.68. The molecule has 2 aromatic rings. The maximum Gasteiger partial charge on any atom is 0.400 e. The molecule has 0 amide bonds. The van der Waals surface area contributed by atoms with E-state index in [4.69, 9.17) is 4.74 Å². The van der Waals surface area contributed by atoms with E-state index in [1.807, 2.05) is 0 Å². The fraction of sp³-hybridized carbons (Fsp3) is 0.571. The zero-order valence-electron chi connectivity index (χ0n) is 19.3. The third-order valence-corrected chi connectivity index (χ3v) is 7.81. The normalized spacial score (nSPS) is 26.2. The van der Waals surface area contributed by atoms with Gasteiger partial charge in [0.2, 0.25) is 0 Å². The number of ether oxygens (including phenoxy) is 1. The second-order valence-electron chi connectivity index (χ2n) is 10.0. The zero-order chi connectivity index (χ0) is 23.4. The molecule has 2 saturated carbocycles. The van der Waals surface area contributed by atoms with Crippen LogP contribution in [0.15, 0.2) is 42.5 Å². The maximum atomic E-state index is 14.9. The third-order valence-electron chi connectivity index (χ3n) is 7.81. The Bertz CT molecular complexity index is 874. The lowest BCUT2D eigenvalue weighted by molar-refractivity contribution is -0.224. The molecule has 0 spiro atoms. The number of benzene rings is 2. The average Bonchev–Trinajstić information content (AvgIpc) is 2.79. The second kappa shape index (κ2) is 10.5.